The SMILES string of the molecule is O=C(Nc1cccc(OCC(=O)N2CCCC2)c1)c1n[nH]c2c1CNCC2. The molecule has 8 heteroatoms. The van der Waals surface area contributed by atoms with E-state index in [0.29, 0.717) is 23.7 Å². The van der Waals surface area contributed by atoms with Crippen molar-refractivity contribution in [3.05, 3.63) is 41.2 Å². The van der Waals surface area contributed by atoms with Gasteiger partial charge in [-0.2, -0.15) is 5.10 Å². The fourth-order valence-electron chi connectivity index (χ4n) is 3.47. The minimum absolute atomic E-state index is 0.00223. The number of nitrogens with one attached hydrogen (secondary N) is 3. The number of ether oxygens (including phenoxy) is 1. The number of aromatic amines is 1. The largest absolute Gasteiger partial charge is 0.484 e. The van der Waals surface area contributed by atoms with Gasteiger partial charge in [-0.1, -0.05) is 6.07 Å². The number of carbonyl (C=O) groups is 2. The first-order chi connectivity index (χ1) is 13.2. The Morgan fingerprint density at radius 2 is 2.11 bits per heavy atom. The maximum Gasteiger partial charge on any atom is 0.276 e. The van der Waals surface area contributed by atoms with Crippen LogP contribution in [0.25, 0.3) is 0 Å². The van der Waals surface area contributed by atoms with Crippen molar-refractivity contribution in [2.45, 2.75) is 25.8 Å². The molecule has 27 heavy (non-hydrogen) atoms. The Morgan fingerprint density at radius 1 is 1.26 bits per heavy atom. The van der Waals surface area contributed by atoms with Crippen LogP contribution in [0.15, 0.2) is 24.3 Å². The van der Waals surface area contributed by atoms with Crippen LogP contribution in [0.4, 0.5) is 5.69 Å². The van der Waals surface area contributed by atoms with Gasteiger partial charge in [0, 0.05) is 55.6 Å². The molecule has 2 amide bonds. The summed E-state index contributed by atoms with van der Waals surface area (Å²) >= 11 is 0. The van der Waals surface area contributed by atoms with E-state index in [9.17, 15) is 9.59 Å². The van der Waals surface area contributed by atoms with E-state index in [4.69, 9.17) is 4.74 Å². The number of anilines is 1. The lowest BCUT2D eigenvalue weighted by atomic mass is 10.1. The number of likely N-dealkylation sites (tertiary alicyclic amines) is 1. The zero-order valence-corrected chi connectivity index (χ0v) is 15.1. The molecule has 0 bridgehead atoms. The van der Waals surface area contributed by atoms with Crippen LogP contribution in [0, 0.1) is 0 Å². The second-order valence-electron chi connectivity index (χ2n) is 6.81. The van der Waals surface area contributed by atoms with Crippen LogP contribution in [-0.4, -0.2) is 53.2 Å². The molecule has 142 valence electrons. The van der Waals surface area contributed by atoms with Gasteiger partial charge < -0.3 is 20.3 Å². The lowest BCUT2D eigenvalue weighted by molar-refractivity contribution is -0.132. The molecule has 1 aromatic carbocycles. The molecule has 3 N–H and O–H groups in total. The number of rotatable bonds is 5. The Labute approximate surface area is 157 Å². The van der Waals surface area contributed by atoms with Crippen LogP contribution in [0.5, 0.6) is 5.75 Å². The van der Waals surface area contributed by atoms with Gasteiger partial charge in [0.25, 0.3) is 11.8 Å². The molecule has 1 fully saturated rings. The molecule has 2 aliphatic rings. The van der Waals surface area contributed by atoms with Gasteiger partial charge in [0.1, 0.15) is 5.75 Å². The third-order valence-corrected chi connectivity index (χ3v) is 4.93. The average molecular weight is 369 g/mol. The van der Waals surface area contributed by atoms with Gasteiger partial charge in [-0.15, -0.1) is 0 Å². The highest BCUT2D eigenvalue weighted by atomic mass is 16.5. The minimum Gasteiger partial charge on any atom is -0.484 e. The van der Waals surface area contributed by atoms with Crippen LogP contribution in [0.3, 0.4) is 0 Å². The van der Waals surface area contributed by atoms with Gasteiger partial charge in [-0.25, -0.2) is 0 Å². The molecule has 0 spiro atoms. The summed E-state index contributed by atoms with van der Waals surface area (Å²) in [6.45, 7) is 3.14. The number of carbonyl (C=O) groups excluding carboxylic acids is 2. The number of H-pyrrole nitrogens is 1. The molecule has 3 heterocycles. The van der Waals surface area contributed by atoms with Crippen molar-refractivity contribution in [3.63, 3.8) is 0 Å². The maximum absolute atomic E-state index is 12.6. The molecule has 0 aliphatic carbocycles. The monoisotopic (exact) mass is 369 g/mol. The van der Waals surface area contributed by atoms with E-state index in [1.165, 1.54) is 0 Å². The Morgan fingerprint density at radius 3 is 2.96 bits per heavy atom. The average Bonchev–Trinajstić information content (AvgIpc) is 3.36. The number of fused-ring (bicyclic) bond motifs is 1. The van der Waals surface area contributed by atoms with Crippen LogP contribution in [0.2, 0.25) is 0 Å². The highest BCUT2D eigenvalue weighted by Gasteiger charge is 2.22. The summed E-state index contributed by atoms with van der Waals surface area (Å²) < 4.78 is 5.61. The van der Waals surface area contributed by atoms with E-state index in [1.807, 2.05) is 4.90 Å². The van der Waals surface area contributed by atoms with E-state index in [-0.39, 0.29) is 18.4 Å². The lowest BCUT2D eigenvalue weighted by Gasteiger charge is -2.16. The minimum atomic E-state index is -0.263. The number of benzene rings is 1. The Hall–Kier alpha value is -2.87. The Kier molecular flexibility index (Phi) is 5.06. The van der Waals surface area contributed by atoms with Gasteiger partial charge in [-0.3, -0.25) is 14.7 Å². The topological polar surface area (TPSA) is 99.3 Å². The molecule has 1 aromatic heterocycles. The number of hydrogen-bond donors (Lipinski definition) is 3. The summed E-state index contributed by atoms with van der Waals surface area (Å²) in [5.74, 6) is 0.283. The predicted molar refractivity (Wildman–Crippen MR) is 99.7 cm³/mol. The molecule has 0 saturated carbocycles. The standard InChI is InChI=1S/C19H23N5O3/c25-17(24-8-1-2-9-24)12-27-14-5-3-4-13(10-14)21-19(26)18-15-11-20-7-6-16(15)22-23-18/h3-5,10,20H,1-2,6-9,11-12H2,(H,21,26)(H,22,23). The van der Waals surface area contributed by atoms with Crippen molar-refractivity contribution < 1.29 is 14.3 Å². The molecular weight excluding hydrogens is 346 g/mol. The van der Waals surface area contributed by atoms with Crippen molar-refractivity contribution in [1.82, 2.24) is 20.4 Å². The summed E-state index contributed by atoms with van der Waals surface area (Å²) in [5.41, 5.74) is 2.94. The molecule has 2 aromatic rings. The third-order valence-electron chi connectivity index (χ3n) is 4.93. The maximum atomic E-state index is 12.6. The number of amides is 2. The first kappa shape index (κ1) is 17.5. The summed E-state index contributed by atoms with van der Waals surface area (Å²) in [6.07, 6.45) is 2.95. The fourth-order valence-corrected chi connectivity index (χ4v) is 3.47. The van der Waals surface area contributed by atoms with Crippen LogP contribution in [0.1, 0.15) is 34.6 Å². The molecule has 8 nitrogen and oxygen atoms in total. The zero-order chi connectivity index (χ0) is 18.6. The van der Waals surface area contributed by atoms with Crippen molar-refractivity contribution >= 4 is 17.5 Å². The third kappa shape index (κ3) is 3.95. The van der Waals surface area contributed by atoms with Crippen LogP contribution >= 0.6 is 0 Å². The second kappa shape index (κ2) is 7.79. The molecule has 0 radical (unpaired) electrons. The van der Waals surface area contributed by atoms with E-state index < -0.39 is 0 Å². The molecule has 2 aliphatic heterocycles. The molecule has 0 atom stereocenters. The predicted octanol–water partition coefficient (Wildman–Crippen LogP) is 1.31. The van der Waals surface area contributed by atoms with Crippen molar-refractivity contribution in [3.8, 4) is 5.75 Å². The molecule has 0 unspecified atom stereocenters. The smallest absolute Gasteiger partial charge is 0.276 e. The summed E-state index contributed by atoms with van der Waals surface area (Å²) in [7, 11) is 0. The van der Waals surface area contributed by atoms with Crippen molar-refractivity contribution in [2.75, 3.05) is 31.6 Å². The van der Waals surface area contributed by atoms with E-state index in [2.05, 4.69) is 20.8 Å². The summed E-state index contributed by atoms with van der Waals surface area (Å²) in [6, 6.07) is 7.05. The highest BCUT2D eigenvalue weighted by molar-refractivity contribution is 6.04. The summed E-state index contributed by atoms with van der Waals surface area (Å²) in [4.78, 5) is 26.5. The number of hydrogen-bond acceptors (Lipinski definition) is 5. The first-order valence-corrected chi connectivity index (χ1v) is 9.29. The molecule has 4 rings (SSSR count). The van der Waals surface area contributed by atoms with E-state index in [0.717, 1.165) is 50.2 Å². The van der Waals surface area contributed by atoms with Gasteiger partial charge in [0.15, 0.2) is 12.3 Å². The van der Waals surface area contributed by atoms with E-state index in [1.54, 1.807) is 24.3 Å². The molecular formula is C19H23N5O3. The van der Waals surface area contributed by atoms with Crippen LogP contribution < -0.4 is 15.4 Å². The van der Waals surface area contributed by atoms with Gasteiger partial charge in [0.05, 0.1) is 0 Å². The van der Waals surface area contributed by atoms with Crippen molar-refractivity contribution in [1.29, 1.82) is 0 Å². The van der Waals surface area contributed by atoms with Gasteiger partial charge in [0.2, 0.25) is 0 Å². The Balaban J connectivity index is 1.38. The number of nitrogens with zero attached hydrogens (tertiary/aromatic N) is 2. The zero-order valence-electron chi connectivity index (χ0n) is 15.1. The highest BCUT2D eigenvalue weighted by Crippen LogP contribution is 2.20. The fraction of sp³-hybridized carbons (Fsp3) is 0.421. The van der Waals surface area contributed by atoms with Crippen LogP contribution in [-0.2, 0) is 17.8 Å². The lowest BCUT2D eigenvalue weighted by Crippen LogP contribution is -2.32. The quantitative estimate of drug-likeness (QED) is 0.738. The molecule has 1 saturated heterocycles. The second-order valence-corrected chi connectivity index (χ2v) is 6.81. The van der Waals surface area contributed by atoms with Gasteiger partial charge >= 0.3 is 0 Å². The first-order valence-electron chi connectivity index (χ1n) is 9.29. The van der Waals surface area contributed by atoms with Gasteiger partial charge in [-0.05, 0) is 25.0 Å². The summed E-state index contributed by atoms with van der Waals surface area (Å²) in [5, 5.41) is 13.2. The Bertz CT molecular complexity index is 842. The van der Waals surface area contributed by atoms with E-state index >= 15 is 0 Å². The van der Waals surface area contributed by atoms with Crippen molar-refractivity contribution in [2.24, 2.45) is 0 Å². The number of aromatic nitrogens is 2. The normalized spacial score (nSPS) is 16.1.